The lowest BCUT2D eigenvalue weighted by Gasteiger charge is -2.23. The van der Waals surface area contributed by atoms with Crippen LogP contribution in [0.15, 0.2) is 42.5 Å². The molecule has 106 valence electrons. The standard InChI is InChI=1S/C15H17NO4/c17-14(12-8-4-5-9-13(12)15(18)19)16-20-10-11-6-2-1-3-7-11/h1-7,12-13H,8-10H2,(H,16,17)(H,18,19). The Kier molecular flexibility index (Phi) is 4.90. The van der Waals surface area contributed by atoms with Gasteiger partial charge in [-0.1, -0.05) is 42.5 Å². The van der Waals surface area contributed by atoms with Crippen LogP contribution in [-0.4, -0.2) is 17.0 Å². The van der Waals surface area contributed by atoms with Crippen molar-refractivity contribution in [3.63, 3.8) is 0 Å². The SMILES string of the molecule is O=C(O)C1CC=CCC1C(=O)NOCc1ccccc1. The largest absolute Gasteiger partial charge is 0.481 e. The molecular formula is C15H17NO4. The first-order valence-corrected chi connectivity index (χ1v) is 6.52. The van der Waals surface area contributed by atoms with Gasteiger partial charge < -0.3 is 5.11 Å². The van der Waals surface area contributed by atoms with Gasteiger partial charge in [0.1, 0.15) is 0 Å². The maximum absolute atomic E-state index is 12.0. The summed E-state index contributed by atoms with van der Waals surface area (Å²) < 4.78 is 0. The van der Waals surface area contributed by atoms with Crippen molar-refractivity contribution in [2.75, 3.05) is 0 Å². The highest BCUT2D eigenvalue weighted by molar-refractivity contribution is 5.84. The number of carbonyl (C=O) groups is 2. The van der Waals surface area contributed by atoms with Crippen LogP contribution in [0.25, 0.3) is 0 Å². The van der Waals surface area contributed by atoms with E-state index in [-0.39, 0.29) is 12.5 Å². The number of rotatable bonds is 5. The average Bonchev–Trinajstić information content (AvgIpc) is 2.48. The maximum Gasteiger partial charge on any atom is 0.307 e. The van der Waals surface area contributed by atoms with Crippen LogP contribution in [0.5, 0.6) is 0 Å². The fourth-order valence-electron chi connectivity index (χ4n) is 2.22. The first-order chi connectivity index (χ1) is 9.68. The molecule has 0 saturated carbocycles. The zero-order chi connectivity index (χ0) is 14.4. The lowest BCUT2D eigenvalue weighted by molar-refractivity contribution is -0.151. The second-order valence-electron chi connectivity index (χ2n) is 4.73. The molecule has 1 amide bonds. The second kappa shape index (κ2) is 6.86. The van der Waals surface area contributed by atoms with Crippen LogP contribution in [0.2, 0.25) is 0 Å². The lowest BCUT2D eigenvalue weighted by Crippen LogP contribution is -2.38. The number of aliphatic carboxylic acids is 1. The molecule has 0 aromatic heterocycles. The van der Waals surface area contributed by atoms with Gasteiger partial charge >= 0.3 is 5.97 Å². The van der Waals surface area contributed by atoms with E-state index in [2.05, 4.69) is 5.48 Å². The summed E-state index contributed by atoms with van der Waals surface area (Å²) in [6.07, 6.45) is 4.44. The van der Waals surface area contributed by atoms with E-state index in [0.29, 0.717) is 12.8 Å². The molecule has 1 aromatic rings. The normalized spacial score (nSPS) is 21.4. The summed E-state index contributed by atoms with van der Waals surface area (Å²) in [6, 6.07) is 9.43. The van der Waals surface area contributed by atoms with Crippen molar-refractivity contribution >= 4 is 11.9 Å². The third-order valence-corrected chi connectivity index (χ3v) is 3.34. The van der Waals surface area contributed by atoms with Gasteiger partial charge in [0.2, 0.25) is 5.91 Å². The van der Waals surface area contributed by atoms with Crippen LogP contribution >= 0.6 is 0 Å². The zero-order valence-corrected chi connectivity index (χ0v) is 11.0. The molecular weight excluding hydrogens is 258 g/mol. The Labute approximate surface area is 117 Å². The van der Waals surface area contributed by atoms with E-state index in [9.17, 15) is 9.59 Å². The number of allylic oxidation sites excluding steroid dienone is 2. The van der Waals surface area contributed by atoms with Gasteiger partial charge in [0.15, 0.2) is 0 Å². The first-order valence-electron chi connectivity index (χ1n) is 6.52. The van der Waals surface area contributed by atoms with Gasteiger partial charge in [0.05, 0.1) is 18.4 Å². The molecule has 0 fully saturated rings. The van der Waals surface area contributed by atoms with Crippen molar-refractivity contribution in [1.29, 1.82) is 0 Å². The first kappa shape index (κ1) is 14.3. The van der Waals surface area contributed by atoms with Gasteiger partial charge in [0, 0.05) is 0 Å². The number of carbonyl (C=O) groups excluding carboxylic acids is 1. The molecule has 0 heterocycles. The van der Waals surface area contributed by atoms with Gasteiger partial charge in [-0.15, -0.1) is 0 Å². The van der Waals surface area contributed by atoms with Gasteiger partial charge in [-0.3, -0.25) is 14.4 Å². The van der Waals surface area contributed by atoms with Crippen LogP contribution in [0.1, 0.15) is 18.4 Å². The molecule has 2 N–H and O–H groups in total. The number of amides is 1. The van der Waals surface area contributed by atoms with Gasteiger partial charge in [-0.05, 0) is 18.4 Å². The van der Waals surface area contributed by atoms with Crippen molar-refractivity contribution in [1.82, 2.24) is 5.48 Å². The van der Waals surface area contributed by atoms with Crippen LogP contribution in [0.3, 0.4) is 0 Å². The molecule has 1 aliphatic carbocycles. The maximum atomic E-state index is 12.0. The Morgan fingerprint density at radius 3 is 2.45 bits per heavy atom. The highest BCUT2D eigenvalue weighted by atomic mass is 16.6. The minimum absolute atomic E-state index is 0.257. The second-order valence-corrected chi connectivity index (χ2v) is 4.73. The van der Waals surface area contributed by atoms with Gasteiger partial charge in [0.25, 0.3) is 0 Å². The molecule has 2 unspecified atom stereocenters. The van der Waals surface area contributed by atoms with E-state index in [1.54, 1.807) is 6.08 Å². The van der Waals surface area contributed by atoms with E-state index in [1.807, 2.05) is 36.4 Å². The van der Waals surface area contributed by atoms with Crippen LogP contribution in [0, 0.1) is 11.8 Å². The number of carboxylic acid groups (broad SMARTS) is 1. The number of hydrogen-bond donors (Lipinski definition) is 2. The lowest BCUT2D eigenvalue weighted by atomic mass is 9.82. The molecule has 20 heavy (non-hydrogen) atoms. The monoisotopic (exact) mass is 275 g/mol. The Hall–Kier alpha value is -2.14. The third kappa shape index (κ3) is 3.68. The van der Waals surface area contributed by atoms with E-state index in [0.717, 1.165) is 5.56 Å². The molecule has 0 spiro atoms. The summed E-state index contributed by atoms with van der Waals surface area (Å²) in [6.45, 7) is 0.257. The summed E-state index contributed by atoms with van der Waals surface area (Å²) in [7, 11) is 0. The molecule has 5 nitrogen and oxygen atoms in total. The Morgan fingerprint density at radius 2 is 1.80 bits per heavy atom. The summed E-state index contributed by atoms with van der Waals surface area (Å²) in [5, 5.41) is 9.11. The molecule has 1 aromatic carbocycles. The topological polar surface area (TPSA) is 75.6 Å². The minimum atomic E-state index is -0.947. The number of hydroxylamine groups is 1. The number of benzene rings is 1. The molecule has 0 radical (unpaired) electrons. The summed E-state index contributed by atoms with van der Waals surface area (Å²) in [5.41, 5.74) is 3.29. The fraction of sp³-hybridized carbons (Fsp3) is 0.333. The van der Waals surface area contributed by atoms with Gasteiger partial charge in [-0.25, -0.2) is 5.48 Å². The van der Waals surface area contributed by atoms with Crippen molar-refractivity contribution in [2.24, 2.45) is 11.8 Å². The zero-order valence-electron chi connectivity index (χ0n) is 11.0. The molecule has 0 aliphatic heterocycles. The highest BCUT2D eigenvalue weighted by Crippen LogP contribution is 2.26. The Bertz CT molecular complexity index is 498. The smallest absolute Gasteiger partial charge is 0.307 e. The van der Waals surface area contributed by atoms with Crippen molar-refractivity contribution in [2.45, 2.75) is 19.4 Å². The van der Waals surface area contributed by atoms with Crippen molar-refractivity contribution < 1.29 is 19.5 Å². The van der Waals surface area contributed by atoms with Gasteiger partial charge in [-0.2, -0.15) is 0 Å². The summed E-state index contributed by atoms with van der Waals surface area (Å²) in [4.78, 5) is 28.2. The molecule has 2 rings (SSSR count). The summed E-state index contributed by atoms with van der Waals surface area (Å²) in [5.74, 6) is -2.58. The molecule has 0 saturated heterocycles. The molecule has 5 heteroatoms. The van der Waals surface area contributed by atoms with E-state index in [1.165, 1.54) is 0 Å². The predicted octanol–water partition coefficient (Wildman–Crippen LogP) is 1.90. The number of carboxylic acids is 1. The van der Waals surface area contributed by atoms with Crippen LogP contribution in [-0.2, 0) is 21.0 Å². The number of hydrogen-bond acceptors (Lipinski definition) is 3. The third-order valence-electron chi connectivity index (χ3n) is 3.34. The Morgan fingerprint density at radius 1 is 1.15 bits per heavy atom. The summed E-state index contributed by atoms with van der Waals surface area (Å²) >= 11 is 0. The van der Waals surface area contributed by atoms with Crippen molar-refractivity contribution in [3.05, 3.63) is 48.0 Å². The van der Waals surface area contributed by atoms with E-state index < -0.39 is 17.8 Å². The van der Waals surface area contributed by atoms with Crippen molar-refractivity contribution in [3.8, 4) is 0 Å². The van der Waals surface area contributed by atoms with E-state index >= 15 is 0 Å². The Balaban J connectivity index is 1.85. The molecule has 0 bridgehead atoms. The minimum Gasteiger partial charge on any atom is -0.481 e. The predicted molar refractivity (Wildman–Crippen MR) is 72.4 cm³/mol. The van der Waals surface area contributed by atoms with Crippen LogP contribution in [0.4, 0.5) is 0 Å². The molecule has 2 atom stereocenters. The fourth-order valence-corrected chi connectivity index (χ4v) is 2.22. The van der Waals surface area contributed by atoms with E-state index in [4.69, 9.17) is 9.94 Å². The highest BCUT2D eigenvalue weighted by Gasteiger charge is 2.34. The molecule has 1 aliphatic rings. The van der Waals surface area contributed by atoms with Crippen LogP contribution < -0.4 is 5.48 Å². The number of nitrogens with one attached hydrogen (secondary N) is 1. The average molecular weight is 275 g/mol. The quantitative estimate of drug-likeness (QED) is 0.635.